The third kappa shape index (κ3) is 4.35. The smallest absolute Gasteiger partial charge is 0.262 e. The van der Waals surface area contributed by atoms with Crippen molar-refractivity contribution in [2.24, 2.45) is 0 Å². The maximum absolute atomic E-state index is 12.8. The lowest BCUT2D eigenvalue weighted by Crippen LogP contribution is -2.18. The maximum atomic E-state index is 12.8. The molecule has 0 atom stereocenters. The van der Waals surface area contributed by atoms with Gasteiger partial charge in [-0.05, 0) is 12.1 Å². The monoisotopic (exact) mass is 388 g/mol. The summed E-state index contributed by atoms with van der Waals surface area (Å²) in [5.41, 5.74) is 0.677. The molecule has 0 aromatic carbocycles. The largest absolute Gasteiger partial charge is 0.341 e. The molecule has 2 aromatic heterocycles. The molecule has 18 heavy (non-hydrogen) atoms. The van der Waals surface area contributed by atoms with Gasteiger partial charge in [-0.25, -0.2) is 13.8 Å². The zero-order valence-corrected chi connectivity index (χ0v) is 13.5. The van der Waals surface area contributed by atoms with Gasteiger partial charge >= 0.3 is 0 Å². The molecule has 0 fully saturated rings. The molecule has 2 heterocycles. The number of fused-ring (bicyclic) bond motifs is 1. The molecular formula is C12H16ClF2IN2. The fourth-order valence-corrected chi connectivity index (χ4v) is 1.74. The summed E-state index contributed by atoms with van der Waals surface area (Å²) in [6, 6.07) is 3.36. The second-order valence-corrected chi connectivity index (χ2v) is 3.91. The van der Waals surface area contributed by atoms with Gasteiger partial charge in [-0.2, -0.15) is 0 Å². The summed E-state index contributed by atoms with van der Waals surface area (Å²) in [4.78, 5) is 3.88. The van der Waals surface area contributed by atoms with Crippen molar-refractivity contribution in [2.75, 3.05) is 0 Å². The van der Waals surface area contributed by atoms with E-state index in [2.05, 4.69) is 4.98 Å². The topological polar surface area (TPSA) is 17.8 Å². The van der Waals surface area contributed by atoms with Crippen LogP contribution in [0.25, 0.3) is 10.9 Å². The van der Waals surface area contributed by atoms with Crippen molar-refractivity contribution < 1.29 is 8.78 Å². The molecule has 2 rings (SSSR count). The summed E-state index contributed by atoms with van der Waals surface area (Å²) in [5, 5.41) is 1.04. The highest BCUT2D eigenvalue weighted by atomic mass is 127. The molecule has 0 aliphatic carbocycles. The summed E-state index contributed by atoms with van der Waals surface area (Å²) in [6.07, 6.45) is 3.10. The Morgan fingerprint density at radius 2 is 1.94 bits per heavy atom. The van der Waals surface area contributed by atoms with E-state index in [0.717, 1.165) is 6.92 Å². The lowest BCUT2D eigenvalue weighted by atomic mass is 10.3. The van der Waals surface area contributed by atoms with Crippen molar-refractivity contribution >= 4 is 46.5 Å². The first kappa shape index (κ1) is 17.6. The number of aromatic nitrogens is 2. The van der Waals surface area contributed by atoms with Crippen molar-refractivity contribution in [1.82, 2.24) is 9.55 Å². The van der Waals surface area contributed by atoms with E-state index in [9.17, 15) is 8.78 Å². The van der Waals surface area contributed by atoms with E-state index in [1.165, 1.54) is 10.8 Å². The Bertz CT molecular complexity index is 494. The average Bonchev–Trinajstić information content (AvgIpc) is 2.64. The van der Waals surface area contributed by atoms with Gasteiger partial charge in [-0.3, -0.25) is 0 Å². The normalized spacial score (nSPS) is 10.6. The van der Waals surface area contributed by atoms with Crippen molar-refractivity contribution in [3.8, 4) is 0 Å². The van der Waals surface area contributed by atoms with Crippen LogP contribution in [0.3, 0.4) is 0 Å². The zero-order chi connectivity index (χ0) is 13.1. The van der Waals surface area contributed by atoms with Crippen LogP contribution in [0.5, 0.6) is 0 Å². The number of halogens is 4. The minimum Gasteiger partial charge on any atom is -0.341 e. The van der Waals surface area contributed by atoms with Crippen molar-refractivity contribution in [1.29, 1.82) is 0 Å². The second kappa shape index (κ2) is 7.23. The molecule has 0 radical (unpaired) electrons. The maximum Gasteiger partial charge on any atom is 0.262 e. The number of hydrogen-bond donors (Lipinski definition) is 0. The summed E-state index contributed by atoms with van der Waals surface area (Å²) >= 11 is 5.83. The van der Waals surface area contributed by atoms with E-state index in [1.807, 2.05) is 13.8 Å². The molecule has 0 bridgehead atoms. The van der Waals surface area contributed by atoms with Crippen LogP contribution in [-0.2, 0) is 6.54 Å². The van der Waals surface area contributed by atoms with Gasteiger partial charge in [0.15, 0.2) is 0 Å². The molecule has 0 saturated heterocycles. The van der Waals surface area contributed by atoms with E-state index in [4.69, 9.17) is 11.6 Å². The lowest BCUT2D eigenvalue weighted by Gasteiger charge is -2.12. The summed E-state index contributed by atoms with van der Waals surface area (Å²) < 4.78 is 27.2. The molecule has 0 saturated carbocycles. The van der Waals surface area contributed by atoms with Gasteiger partial charge in [0, 0.05) is 24.7 Å². The zero-order valence-electron chi connectivity index (χ0n) is 10.5. The standard InChI is InChI=1S/C10H9ClF2N2.C2H6.HI/c1-10(12,13)6-15-5-3-7-8(15)2-4-14-9(7)11;1-2;/h2-5H,6H2,1H3;1-2H3;1H. The van der Waals surface area contributed by atoms with E-state index in [-0.39, 0.29) is 30.5 Å². The van der Waals surface area contributed by atoms with Crippen LogP contribution in [0, 0.1) is 0 Å². The van der Waals surface area contributed by atoms with Gasteiger partial charge in [0.2, 0.25) is 0 Å². The van der Waals surface area contributed by atoms with Crippen LogP contribution in [0.1, 0.15) is 20.8 Å². The highest BCUT2D eigenvalue weighted by molar-refractivity contribution is 14.0. The summed E-state index contributed by atoms with van der Waals surface area (Å²) in [7, 11) is 0. The fraction of sp³-hybridized carbons (Fsp3) is 0.417. The van der Waals surface area contributed by atoms with Crippen LogP contribution in [0.2, 0.25) is 5.15 Å². The van der Waals surface area contributed by atoms with Crippen LogP contribution in [0.15, 0.2) is 24.5 Å². The quantitative estimate of drug-likeness (QED) is 0.523. The molecule has 0 N–H and O–H groups in total. The Morgan fingerprint density at radius 3 is 2.50 bits per heavy atom. The van der Waals surface area contributed by atoms with E-state index in [1.54, 1.807) is 18.3 Å². The van der Waals surface area contributed by atoms with Crippen molar-refractivity contribution in [2.45, 2.75) is 33.2 Å². The molecular weight excluding hydrogens is 372 g/mol. The number of nitrogens with zero attached hydrogens (tertiary/aromatic N) is 2. The Labute approximate surface area is 127 Å². The van der Waals surface area contributed by atoms with Crippen LogP contribution < -0.4 is 0 Å². The predicted octanol–water partition coefficient (Wildman–Crippen LogP) is 4.99. The second-order valence-electron chi connectivity index (χ2n) is 3.55. The molecule has 2 aromatic rings. The Balaban J connectivity index is 0.000000917. The minimum absolute atomic E-state index is 0. The molecule has 102 valence electrons. The average molecular weight is 389 g/mol. The van der Waals surface area contributed by atoms with Gasteiger partial charge in [0.05, 0.1) is 12.1 Å². The molecule has 2 nitrogen and oxygen atoms in total. The third-order valence-corrected chi connectivity index (χ3v) is 2.40. The van der Waals surface area contributed by atoms with E-state index >= 15 is 0 Å². The predicted molar refractivity (Wildman–Crippen MR) is 82.1 cm³/mol. The summed E-state index contributed by atoms with van der Waals surface area (Å²) in [6.45, 7) is 4.54. The van der Waals surface area contributed by atoms with Gasteiger partial charge < -0.3 is 4.57 Å². The van der Waals surface area contributed by atoms with Crippen LogP contribution in [-0.4, -0.2) is 15.5 Å². The van der Waals surface area contributed by atoms with Crippen molar-refractivity contribution in [3.05, 3.63) is 29.7 Å². The Kier molecular flexibility index (Phi) is 7.06. The number of pyridine rings is 1. The summed E-state index contributed by atoms with van der Waals surface area (Å²) in [5.74, 6) is -2.73. The van der Waals surface area contributed by atoms with Gasteiger partial charge in [-0.1, -0.05) is 25.4 Å². The third-order valence-electron chi connectivity index (χ3n) is 2.10. The van der Waals surface area contributed by atoms with E-state index in [0.29, 0.717) is 16.1 Å². The van der Waals surface area contributed by atoms with Gasteiger partial charge in [0.25, 0.3) is 5.92 Å². The molecule has 6 heteroatoms. The van der Waals surface area contributed by atoms with Gasteiger partial charge in [0.1, 0.15) is 5.15 Å². The number of hydrogen-bond acceptors (Lipinski definition) is 1. The minimum atomic E-state index is -2.73. The first-order valence-electron chi connectivity index (χ1n) is 5.44. The SMILES string of the molecule is CC.CC(F)(F)Cn1ccc2c(Cl)nccc21.I. The highest BCUT2D eigenvalue weighted by Crippen LogP contribution is 2.24. The molecule has 0 aliphatic heterocycles. The number of alkyl halides is 2. The van der Waals surface area contributed by atoms with E-state index < -0.39 is 5.92 Å². The molecule has 0 amide bonds. The van der Waals surface area contributed by atoms with Crippen molar-refractivity contribution in [3.63, 3.8) is 0 Å². The molecule has 0 spiro atoms. The molecule has 0 unspecified atom stereocenters. The van der Waals surface area contributed by atoms with Crippen LogP contribution >= 0.6 is 35.6 Å². The molecule has 0 aliphatic rings. The fourth-order valence-electron chi connectivity index (χ4n) is 1.52. The van der Waals surface area contributed by atoms with Crippen LogP contribution in [0.4, 0.5) is 8.78 Å². The first-order chi connectivity index (χ1) is 7.97. The first-order valence-corrected chi connectivity index (χ1v) is 5.82. The highest BCUT2D eigenvalue weighted by Gasteiger charge is 2.22. The lowest BCUT2D eigenvalue weighted by molar-refractivity contribution is 0.00510. The Morgan fingerprint density at radius 1 is 1.33 bits per heavy atom. The number of rotatable bonds is 2. The van der Waals surface area contributed by atoms with Gasteiger partial charge in [-0.15, -0.1) is 24.0 Å². The Hall–Kier alpha value is -0.430.